The zero-order valence-corrected chi connectivity index (χ0v) is 14.8. The monoisotopic (exact) mass is 330 g/mol. The van der Waals surface area contributed by atoms with Crippen molar-refractivity contribution >= 4 is 11.3 Å². The van der Waals surface area contributed by atoms with Crippen LogP contribution in [-0.2, 0) is 20.1 Å². The Bertz CT molecular complexity index is 635. The van der Waals surface area contributed by atoms with Gasteiger partial charge in [0, 0.05) is 49.9 Å². The highest BCUT2D eigenvalue weighted by molar-refractivity contribution is 7.09. The maximum absolute atomic E-state index is 4.31. The average Bonchev–Trinajstić information content (AvgIpc) is 3.24. The van der Waals surface area contributed by atoms with E-state index in [9.17, 15) is 0 Å². The summed E-state index contributed by atoms with van der Waals surface area (Å²) >= 11 is 1.89. The number of hydrogen-bond acceptors (Lipinski definition) is 4. The van der Waals surface area contributed by atoms with E-state index in [1.54, 1.807) is 0 Å². The molecule has 4 nitrogen and oxygen atoms in total. The van der Waals surface area contributed by atoms with E-state index in [0.717, 1.165) is 13.1 Å². The maximum Gasteiger partial charge on any atom is 0.0534 e. The van der Waals surface area contributed by atoms with Gasteiger partial charge in [0.15, 0.2) is 0 Å². The molecule has 2 aliphatic heterocycles. The molecule has 0 amide bonds. The second kappa shape index (κ2) is 6.38. The average molecular weight is 331 g/mol. The van der Waals surface area contributed by atoms with Gasteiger partial charge in [-0.15, -0.1) is 11.3 Å². The molecule has 0 aliphatic carbocycles. The van der Waals surface area contributed by atoms with E-state index in [1.165, 1.54) is 55.9 Å². The number of aryl methyl sites for hydroxylation is 1. The number of hydrogen-bond donors (Lipinski definition) is 0. The van der Waals surface area contributed by atoms with Gasteiger partial charge in [-0.2, -0.15) is 5.10 Å². The highest BCUT2D eigenvalue weighted by Crippen LogP contribution is 2.40. The normalized spacial score (nSPS) is 26.3. The molecule has 0 radical (unpaired) electrons. The van der Waals surface area contributed by atoms with Gasteiger partial charge in [-0.25, -0.2) is 0 Å². The van der Waals surface area contributed by atoms with Crippen molar-refractivity contribution in [2.75, 3.05) is 26.2 Å². The molecule has 2 saturated heterocycles. The molecule has 2 aromatic heterocycles. The summed E-state index contributed by atoms with van der Waals surface area (Å²) in [4.78, 5) is 6.82. The molecule has 1 atom stereocenters. The topological polar surface area (TPSA) is 24.3 Å². The van der Waals surface area contributed by atoms with Crippen molar-refractivity contribution < 1.29 is 0 Å². The van der Waals surface area contributed by atoms with E-state index >= 15 is 0 Å². The number of thiophene rings is 1. The summed E-state index contributed by atoms with van der Waals surface area (Å²) in [6.45, 7) is 7.22. The first-order valence-electron chi connectivity index (χ1n) is 8.65. The summed E-state index contributed by atoms with van der Waals surface area (Å²) in [6.07, 6.45) is 8.27. The Morgan fingerprint density at radius 1 is 1.17 bits per heavy atom. The molecule has 124 valence electrons. The first-order valence-corrected chi connectivity index (χ1v) is 9.53. The Morgan fingerprint density at radius 2 is 2.04 bits per heavy atom. The molecule has 5 heteroatoms. The van der Waals surface area contributed by atoms with E-state index in [-0.39, 0.29) is 0 Å². The molecule has 4 heterocycles. The number of likely N-dealkylation sites (tertiary alicyclic amines) is 2. The molecule has 23 heavy (non-hydrogen) atoms. The van der Waals surface area contributed by atoms with Crippen molar-refractivity contribution in [3.8, 4) is 0 Å². The highest BCUT2D eigenvalue weighted by Gasteiger charge is 2.41. The molecule has 0 N–H and O–H groups in total. The fourth-order valence-corrected chi connectivity index (χ4v) is 5.12. The Kier molecular flexibility index (Phi) is 4.26. The van der Waals surface area contributed by atoms with Crippen LogP contribution in [0.2, 0.25) is 0 Å². The van der Waals surface area contributed by atoms with E-state index in [2.05, 4.69) is 38.6 Å². The molecule has 4 rings (SSSR count). The van der Waals surface area contributed by atoms with Gasteiger partial charge >= 0.3 is 0 Å². The lowest BCUT2D eigenvalue weighted by Crippen LogP contribution is -2.44. The highest BCUT2D eigenvalue weighted by atomic mass is 32.1. The van der Waals surface area contributed by atoms with Gasteiger partial charge in [0.1, 0.15) is 0 Å². The standard InChI is InChI=1S/C18H26N4S/c1-20-11-16(10-19-20)12-21-7-3-5-18(14-21)6-8-22(15-18)13-17-4-2-9-23-17/h2,4,9-11H,3,5-8,12-15H2,1H3/t18-/m0/s1. The van der Waals surface area contributed by atoms with Crippen LogP contribution in [0.25, 0.3) is 0 Å². The fraction of sp³-hybridized carbons (Fsp3) is 0.611. The van der Waals surface area contributed by atoms with Crippen LogP contribution in [0, 0.1) is 5.41 Å². The third-order valence-corrected chi connectivity index (χ3v) is 6.24. The molecule has 0 aromatic carbocycles. The van der Waals surface area contributed by atoms with Crippen LogP contribution in [0.4, 0.5) is 0 Å². The smallest absolute Gasteiger partial charge is 0.0534 e. The zero-order valence-electron chi connectivity index (χ0n) is 13.9. The molecule has 0 bridgehead atoms. The van der Waals surface area contributed by atoms with Gasteiger partial charge in [0.2, 0.25) is 0 Å². The summed E-state index contributed by atoms with van der Waals surface area (Å²) in [5.74, 6) is 0. The second-order valence-electron chi connectivity index (χ2n) is 7.38. The van der Waals surface area contributed by atoms with Gasteiger partial charge in [0.05, 0.1) is 6.20 Å². The van der Waals surface area contributed by atoms with Gasteiger partial charge in [-0.05, 0) is 49.2 Å². The predicted molar refractivity (Wildman–Crippen MR) is 94.4 cm³/mol. The number of rotatable bonds is 4. The van der Waals surface area contributed by atoms with Crippen molar-refractivity contribution in [2.45, 2.75) is 32.4 Å². The van der Waals surface area contributed by atoms with Crippen molar-refractivity contribution in [2.24, 2.45) is 12.5 Å². The van der Waals surface area contributed by atoms with Crippen LogP contribution in [0.15, 0.2) is 29.9 Å². The fourth-order valence-electron chi connectivity index (χ4n) is 4.38. The quantitative estimate of drug-likeness (QED) is 0.861. The molecule has 0 unspecified atom stereocenters. The first kappa shape index (κ1) is 15.4. The maximum atomic E-state index is 4.31. The van der Waals surface area contributed by atoms with Crippen molar-refractivity contribution in [3.05, 3.63) is 40.3 Å². The van der Waals surface area contributed by atoms with Crippen LogP contribution >= 0.6 is 11.3 Å². The van der Waals surface area contributed by atoms with Gasteiger partial charge in [-0.1, -0.05) is 6.07 Å². The first-order chi connectivity index (χ1) is 11.2. The van der Waals surface area contributed by atoms with E-state index < -0.39 is 0 Å². The molecule has 2 fully saturated rings. The number of piperidine rings is 1. The van der Waals surface area contributed by atoms with Crippen LogP contribution < -0.4 is 0 Å². The lowest BCUT2D eigenvalue weighted by Gasteiger charge is -2.40. The molecular weight excluding hydrogens is 304 g/mol. The zero-order chi connectivity index (χ0) is 15.7. The largest absolute Gasteiger partial charge is 0.298 e. The van der Waals surface area contributed by atoms with E-state index in [0.29, 0.717) is 5.41 Å². The minimum atomic E-state index is 0.526. The predicted octanol–water partition coefficient (Wildman–Crippen LogP) is 2.97. The minimum Gasteiger partial charge on any atom is -0.298 e. The Balaban J connectivity index is 1.37. The number of aromatic nitrogens is 2. The summed E-state index contributed by atoms with van der Waals surface area (Å²) in [7, 11) is 2.00. The molecular formula is C18H26N4S. The molecule has 0 saturated carbocycles. The Labute approximate surface area is 142 Å². The molecule has 2 aliphatic rings. The molecule has 1 spiro atoms. The van der Waals surface area contributed by atoms with Gasteiger partial charge in [-0.3, -0.25) is 14.5 Å². The van der Waals surface area contributed by atoms with Gasteiger partial charge in [0.25, 0.3) is 0 Å². The lowest BCUT2D eigenvalue weighted by molar-refractivity contribution is 0.0867. The third kappa shape index (κ3) is 3.52. The number of nitrogens with zero attached hydrogens (tertiary/aromatic N) is 4. The van der Waals surface area contributed by atoms with Crippen molar-refractivity contribution in [1.29, 1.82) is 0 Å². The third-order valence-electron chi connectivity index (χ3n) is 5.38. The second-order valence-corrected chi connectivity index (χ2v) is 8.41. The summed E-state index contributed by atoms with van der Waals surface area (Å²) in [5.41, 5.74) is 1.87. The lowest BCUT2D eigenvalue weighted by atomic mass is 9.79. The van der Waals surface area contributed by atoms with Crippen molar-refractivity contribution in [3.63, 3.8) is 0 Å². The van der Waals surface area contributed by atoms with E-state index in [1.807, 2.05) is 29.3 Å². The Morgan fingerprint density at radius 3 is 2.78 bits per heavy atom. The van der Waals surface area contributed by atoms with E-state index in [4.69, 9.17) is 0 Å². The Hall–Kier alpha value is -1.17. The summed E-state index contributed by atoms with van der Waals surface area (Å²) in [5, 5.41) is 6.50. The molecule has 2 aromatic rings. The van der Waals surface area contributed by atoms with Gasteiger partial charge < -0.3 is 0 Å². The minimum absolute atomic E-state index is 0.526. The van der Waals surface area contributed by atoms with Crippen LogP contribution in [0.5, 0.6) is 0 Å². The van der Waals surface area contributed by atoms with Crippen LogP contribution in [0.3, 0.4) is 0 Å². The van der Waals surface area contributed by atoms with Crippen LogP contribution in [-0.4, -0.2) is 45.8 Å². The van der Waals surface area contributed by atoms with Crippen LogP contribution in [0.1, 0.15) is 29.7 Å². The van der Waals surface area contributed by atoms with Crippen molar-refractivity contribution in [1.82, 2.24) is 19.6 Å². The SMILES string of the molecule is Cn1cc(CN2CCC[C@]3(CCN(Cc4cccs4)C3)C2)cn1. The summed E-state index contributed by atoms with van der Waals surface area (Å²) < 4.78 is 1.91. The summed E-state index contributed by atoms with van der Waals surface area (Å²) in [6, 6.07) is 4.44.